The van der Waals surface area contributed by atoms with Crippen LogP contribution in [0.4, 0.5) is 5.69 Å². The number of hydrogen-bond acceptors (Lipinski definition) is 2. The van der Waals surface area contributed by atoms with Gasteiger partial charge in [0.05, 0.1) is 0 Å². The monoisotopic (exact) mass is 271 g/mol. The summed E-state index contributed by atoms with van der Waals surface area (Å²) in [4.78, 5) is 1.31. The highest BCUT2D eigenvalue weighted by Crippen LogP contribution is 2.23. The van der Waals surface area contributed by atoms with Gasteiger partial charge >= 0.3 is 0 Å². The molecule has 0 amide bonds. The molecule has 100 valence electrons. The van der Waals surface area contributed by atoms with E-state index in [2.05, 4.69) is 74.8 Å². The zero-order valence-corrected chi connectivity index (χ0v) is 12.8. The maximum atomic E-state index is 3.57. The summed E-state index contributed by atoms with van der Waals surface area (Å²) < 4.78 is 0. The lowest BCUT2D eigenvalue weighted by Gasteiger charge is -2.17. The van der Waals surface area contributed by atoms with Crippen LogP contribution in [0, 0.1) is 13.8 Å². The van der Waals surface area contributed by atoms with Crippen molar-refractivity contribution in [3.63, 3.8) is 0 Å². The highest BCUT2D eigenvalue weighted by atomic mass is 32.2. The number of aryl methyl sites for hydroxylation is 2. The Morgan fingerprint density at radius 2 is 1.53 bits per heavy atom. The SMILES string of the molecule is CSc1ccc(C(C)Nc2cc(C)cc(C)c2)cc1. The van der Waals surface area contributed by atoms with E-state index in [9.17, 15) is 0 Å². The lowest BCUT2D eigenvalue weighted by atomic mass is 10.1. The van der Waals surface area contributed by atoms with Crippen LogP contribution in [0.15, 0.2) is 47.4 Å². The molecule has 1 unspecified atom stereocenters. The van der Waals surface area contributed by atoms with E-state index in [-0.39, 0.29) is 0 Å². The van der Waals surface area contributed by atoms with Gasteiger partial charge in [0.1, 0.15) is 0 Å². The van der Waals surface area contributed by atoms with Gasteiger partial charge < -0.3 is 5.32 Å². The topological polar surface area (TPSA) is 12.0 Å². The van der Waals surface area contributed by atoms with Crippen LogP contribution in [-0.4, -0.2) is 6.26 Å². The Morgan fingerprint density at radius 3 is 2.05 bits per heavy atom. The molecule has 0 heterocycles. The second-order valence-corrected chi connectivity index (χ2v) is 5.90. The highest BCUT2D eigenvalue weighted by Gasteiger charge is 2.05. The quantitative estimate of drug-likeness (QED) is 0.767. The Kier molecular flexibility index (Phi) is 4.54. The second-order valence-electron chi connectivity index (χ2n) is 5.02. The van der Waals surface area contributed by atoms with Crippen molar-refractivity contribution in [2.24, 2.45) is 0 Å². The summed E-state index contributed by atoms with van der Waals surface area (Å²) in [6.45, 7) is 6.47. The van der Waals surface area contributed by atoms with Crippen LogP contribution >= 0.6 is 11.8 Å². The summed E-state index contributed by atoms with van der Waals surface area (Å²) in [6.07, 6.45) is 2.10. The van der Waals surface area contributed by atoms with Crippen molar-refractivity contribution in [2.45, 2.75) is 31.7 Å². The molecule has 0 bridgehead atoms. The molecule has 0 aliphatic heterocycles. The van der Waals surface area contributed by atoms with E-state index >= 15 is 0 Å². The van der Waals surface area contributed by atoms with Crippen LogP contribution in [0.25, 0.3) is 0 Å². The third kappa shape index (κ3) is 3.77. The summed E-state index contributed by atoms with van der Waals surface area (Å²) in [6, 6.07) is 15.7. The van der Waals surface area contributed by atoms with Crippen molar-refractivity contribution in [1.29, 1.82) is 0 Å². The van der Waals surface area contributed by atoms with E-state index in [1.165, 1.54) is 27.3 Å². The first-order valence-corrected chi connectivity index (χ1v) is 7.80. The van der Waals surface area contributed by atoms with Crippen molar-refractivity contribution in [3.05, 3.63) is 59.2 Å². The van der Waals surface area contributed by atoms with Gasteiger partial charge in [0.25, 0.3) is 0 Å². The lowest BCUT2D eigenvalue weighted by Crippen LogP contribution is -2.06. The largest absolute Gasteiger partial charge is 0.379 e. The predicted octanol–water partition coefficient (Wildman–Crippen LogP) is 5.20. The van der Waals surface area contributed by atoms with Gasteiger partial charge in [-0.3, -0.25) is 0 Å². The minimum Gasteiger partial charge on any atom is -0.379 e. The Balaban J connectivity index is 2.13. The van der Waals surface area contributed by atoms with Crippen molar-refractivity contribution in [2.75, 3.05) is 11.6 Å². The summed E-state index contributed by atoms with van der Waals surface area (Å²) >= 11 is 1.78. The molecule has 0 spiro atoms. The first kappa shape index (κ1) is 14.0. The van der Waals surface area contributed by atoms with Crippen molar-refractivity contribution in [1.82, 2.24) is 0 Å². The van der Waals surface area contributed by atoms with E-state index < -0.39 is 0 Å². The summed E-state index contributed by atoms with van der Waals surface area (Å²) in [5, 5.41) is 3.57. The number of hydrogen-bond donors (Lipinski definition) is 1. The minimum absolute atomic E-state index is 0.317. The van der Waals surface area contributed by atoms with Crippen LogP contribution < -0.4 is 5.32 Å². The molecule has 0 radical (unpaired) electrons. The van der Waals surface area contributed by atoms with Crippen LogP contribution in [-0.2, 0) is 0 Å². The third-order valence-corrected chi connectivity index (χ3v) is 3.96. The number of thioether (sulfide) groups is 1. The van der Waals surface area contributed by atoms with E-state index in [1.54, 1.807) is 11.8 Å². The molecule has 2 heteroatoms. The maximum absolute atomic E-state index is 3.57. The van der Waals surface area contributed by atoms with E-state index in [1.807, 2.05) is 0 Å². The van der Waals surface area contributed by atoms with Crippen molar-refractivity contribution >= 4 is 17.4 Å². The molecule has 0 aromatic heterocycles. The Labute approximate surface area is 120 Å². The Morgan fingerprint density at radius 1 is 0.947 bits per heavy atom. The van der Waals surface area contributed by atoms with Crippen LogP contribution in [0.1, 0.15) is 29.7 Å². The van der Waals surface area contributed by atoms with Gasteiger partial charge in [-0.05, 0) is 68.0 Å². The van der Waals surface area contributed by atoms with Crippen LogP contribution in [0.5, 0.6) is 0 Å². The molecule has 1 atom stereocenters. The van der Waals surface area contributed by atoms with Gasteiger partial charge in [-0.25, -0.2) is 0 Å². The zero-order chi connectivity index (χ0) is 13.8. The summed E-state index contributed by atoms with van der Waals surface area (Å²) in [5.74, 6) is 0. The average molecular weight is 271 g/mol. The molecule has 0 saturated carbocycles. The first-order valence-electron chi connectivity index (χ1n) is 6.57. The van der Waals surface area contributed by atoms with Crippen LogP contribution in [0.3, 0.4) is 0 Å². The molecule has 2 aromatic rings. The zero-order valence-electron chi connectivity index (χ0n) is 12.0. The predicted molar refractivity (Wildman–Crippen MR) is 86.2 cm³/mol. The molecule has 0 aliphatic carbocycles. The second kappa shape index (κ2) is 6.16. The van der Waals surface area contributed by atoms with Gasteiger partial charge in [0, 0.05) is 16.6 Å². The van der Waals surface area contributed by atoms with E-state index in [0.717, 1.165) is 0 Å². The molecule has 0 saturated heterocycles. The standard InChI is InChI=1S/C17H21NS/c1-12-9-13(2)11-16(10-12)18-14(3)15-5-7-17(19-4)8-6-15/h5-11,14,18H,1-4H3. The molecule has 0 fully saturated rings. The molecule has 2 rings (SSSR count). The normalized spacial score (nSPS) is 12.2. The average Bonchev–Trinajstić information content (AvgIpc) is 2.37. The Hall–Kier alpha value is -1.41. The molecule has 1 nitrogen and oxygen atoms in total. The van der Waals surface area contributed by atoms with Crippen molar-refractivity contribution < 1.29 is 0 Å². The number of nitrogens with one attached hydrogen (secondary N) is 1. The molecular formula is C17H21NS. The lowest BCUT2D eigenvalue weighted by molar-refractivity contribution is 0.882. The minimum atomic E-state index is 0.317. The number of benzene rings is 2. The first-order chi connectivity index (χ1) is 9.08. The fraction of sp³-hybridized carbons (Fsp3) is 0.294. The smallest absolute Gasteiger partial charge is 0.0485 e. The number of anilines is 1. The van der Waals surface area contributed by atoms with Crippen LogP contribution in [0.2, 0.25) is 0 Å². The molecular weight excluding hydrogens is 250 g/mol. The molecule has 19 heavy (non-hydrogen) atoms. The summed E-state index contributed by atoms with van der Waals surface area (Å²) in [5.41, 5.74) is 5.11. The van der Waals surface area contributed by atoms with Gasteiger partial charge in [-0.2, -0.15) is 0 Å². The van der Waals surface area contributed by atoms with Crippen molar-refractivity contribution in [3.8, 4) is 0 Å². The maximum Gasteiger partial charge on any atom is 0.0485 e. The third-order valence-electron chi connectivity index (χ3n) is 3.22. The fourth-order valence-electron chi connectivity index (χ4n) is 2.28. The highest BCUT2D eigenvalue weighted by molar-refractivity contribution is 7.98. The fourth-order valence-corrected chi connectivity index (χ4v) is 2.69. The van der Waals surface area contributed by atoms with Gasteiger partial charge in [0.15, 0.2) is 0 Å². The van der Waals surface area contributed by atoms with Gasteiger partial charge in [-0.1, -0.05) is 18.2 Å². The molecule has 2 aromatic carbocycles. The van der Waals surface area contributed by atoms with Gasteiger partial charge in [0.2, 0.25) is 0 Å². The summed E-state index contributed by atoms with van der Waals surface area (Å²) in [7, 11) is 0. The van der Waals surface area contributed by atoms with Gasteiger partial charge in [-0.15, -0.1) is 11.8 Å². The molecule has 1 N–H and O–H groups in total. The molecule has 0 aliphatic rings. The number of rotatable bonds is 4. The van der Waals surface area contributed by atoms with E-state index in [4.69, 9.17) is 0 Å². The van der Waals surface area contributed by atoms with E-state index in [0.29, 0.717) is 6.04 Å². The Bertz CT molecular complexity index is 525.